The summed E-state index contributed by atoms with van der Waals surface area (Å²) in [5, 5.41) is 7.15. The number of nitrogens with zero attached hydrogens (tertiary/aromatic N) is 3. The Morgan fingerprint density at radius 1 is 1.47 bits per heavy atom. The van der Waals surface area contributed by atoms with E-state index < -0.39 is 0 Å². The normalized spacial score (nSPS) is 10.4. The Morgan fingerprint density at radius 2 is 2.26 bits per heavy atom. The smallest absolute Gasteiger partial charge is 0.270 e. The Bertz CT molecular complexity index is 573. The standard InChI is InChI=1S/C13H17N5O/c1-3-11-9(8-18(2)17-11)6-16-13(19)12-5-4-10(14)7-15-12/h4-5,7-8H,3,6,14H2,1-2H3,(H,16,19). The van der Waals surface area contributed by atoms with E-state index in [4.69, 9.17) is 5.73 Å². The average Bonchev–Trinajstić information content (AvgIpc) is 2.77. The molecule has 0 fully saturated rings. The molecule has 2 aromatic rings. The highest BCUT2D eigenvalue weighted by molar-refractivity contribution is 5.92. The lowest BCUT2D eigenvalue weighted by molar-refractivity contribution is 0.0946. The molecule has 0 saturated heterocycles. The number of nitrogens with one attached hydrogen (secondary N) is 1. The van der Waals surface area contributed by atoms with E-state index in [0.29, 0.717) is 17.9 Å². The Labute approximate surface area is 111 Å². The van der Waals surface area contributed by atoms with Crippen LogP contribution in [-0.2, 0) is 20.0 Å². The van der Waals surface area contributed by atoms with Gasteiger partial charge in [0.15, 0.2) is 0 Å². The van der Waals surface area contributed by atoms with Crippen LogP contribution >= 0.6 is 0 Å². The van der Waals surface area contributed by atoms with Crippen molar-refractivity contribution < 1.29 is 4.79 Å². The van der Waals surface area contributed by atoms with Gasteiger partial charge in [-0.15, -0.1) is 0 Å². The molecular weight excluding hydrogens is 242 g/mol. The molecule has 2 aromatic heterocycles. The predicted molar refractivity (Wildman–Crippen MR) is 72.4 cm³/mol. The van der Waals surface area contributed by atoms with Gasteiger partial charge in [0.2, 0.25) is 0 Å². The van der Waals surface area contributed by atoms with Crippen molar-refractivity contribution in [1.82, 2.24) is 20.1 Å². The van der Waals surface area contributed by atoms with Crippen molar-refractivity contribution >= 4 is 11.6 Å². The van der Waals surface area contributed by atoms with Gasteiger partial charge in [-0.3, -0.25) is 9.48 Å². The average molecular weight is 259 g/mol. The molecular formula is C13H17N5O. The van der Waals surface area contributed by atoms with Crippen LogP contribution in [0.15, 0.2) is 24.5 Å². The van der Waals surface area contributed by atoms with E-state index in [2.05, 4.69) is 15.4 Å². The molecule has 6 heteroatoms. The number of hydrogen-bond acceptors (Lipinski definition) is 4. The van der Waals surface area contributed by atoms with Crippen LogP contribution in [0.2, 0.25) is 0 Å². The van der Waals surface area contributed by atoms with Gasteiger partial charge in [0.1, 0.15) is 5.69 Å². The van der Waals surface area contributed by atoms with Crippen molar-refractivity contribution in [1.29, 1.82) is 0 Å². The Morgan fingerprint density at radius 3 is 2.89 bits per heavy atom. The molecule has 6 nitrogen and oxygen atoms in total. The van der Waals surface area contributed by atoms with E-state index in [1.807, 2.05) is 20.2 Å². The van der Waals surface area contributed by atoms with Crippen molar-refractivity contribution in [2.24, 2.45) is 7.05 Å². The molecule has 0 saturated carbocycles. The molecule has 1 amide bonds. The highest BCUT2D eigenvalue weighted by Crippen LogP contribution is 2.07. The Kier molecular flexibility index (Phi) is 3.79. The fourth-order valence-electron chi connectivity index (χ4n) is 1.83. The molecule has 0 bridgehead atoms. The number of carbonyl (C=O) groups excluding carboxylic acids is 1. The van der Waals surface area contributed by atoms with Gasteiger partial charge in [-0.25, -0.2) is 4.98 Å². The summed E-state index contributed by atoms with van der Waals surface area (Å²) < 4.78 is 1.75. The number of hydrogen-bond donors (Lipinski definition) is 2. The number of aryl methyl sites for hydroxylation is 2. The molecule has 0 aliphatic carbocycles. The number of aromatic nitrogens is 3. The maximum absolute atomic E-state index is 11.9. The minimum Gasteiger partial charge on any atom is -0.397 e. The SMILES string of the molecule is CCc1nn(C)cc1CNC(=O)c1ccc(N)cn1. The molecule has 2 rings (SSSR count). The van der Waals surface area contributed by atoms with E-state index >= 15 is 0 Å². The number of nitrogens with two attached hydrogens (primary N) is 1. The zero-order chi connectivity index (χ0) is 13.8. The summed E-state index contributed by atoms with van der Waals surface area (Å²) in [5.41, 5.74) is 8.44. The van der Waals surface area contributed by atoms with Gasteiger partial charge in [-0.2, -0.15) is 5.10 Å². The van der Waals surface area contributed by atoms with Crippen molar-refractivity contribution in [3.05, 3.63) is 41.5 Å². The fourth-order valence-corrected chi connectivity index (χ4v) is 1.83. The molecule has 0 spiro atoms. The molecule has 0 aromatic carbocycles. The minimum atomic E-state index is -0.217. The molecule has 2 heterocycles. The quantitative estimate of drug-likeness (QED) is 0.853. The van der Waals surface area contributed by atoms with Crippen LogP contribution in [0.5, 0.6) is 0 Å². The summed E-state index contributed by atoms with van der Waals surface area (Å²) >= 11 is 0. The van der Waals surface area contributed by atoms with Crippen LogP contribution < -0.4 is 11.1 Å². The monoisotopic (exact) mass is 259 g/mol. The molecule has 100 valence electrons. The zero-order valence-corrected chi connectivity index (χ0v) is 11.1. The van der Waals surface area contributed by atoms with Gasteiger partial charge in [-0.1, -0.05) is 6.92 Å². The van der Waals surface area contributed by atoms with Crippen LogP contribution in [-0.4, -0.2) is 20.7 Å². The Balaban J connectivity index is 2.02. The number of amides is 1. The second kappa shape index (κ2) is 5.51. The maximum Gasteiger partial charge on any atom is 0.270 e. The highest BCUT2D eigenvalue weighted by Gasteiger charge is 2.10. The molecule has 3 N–H and O–H groups in total. The van der Waals surface area contributed by atoms with Crippen LogP contribution in [0.3, 0.4) is 0 Å². The number of nitrogen functional groups attached to an aromatic ring is 1. The van der Waals surface area contributed by atoms with E-state index in [0.717, 1.165) is 17.7 Å². The third-order valence-corrected chi connectivity index (χ3v) is 2.79. The van der Waals surface area contributed by atoms with Crippen LogP contribution in [0.4, 0.5) is 5.69 Å². The zero-order valence-electron chi connectivity index (χ0n) is 11.1. The lowest BCUT2D eigenvalue weighted by Crippen LogP contribution is -2.24. The third-order valence-electron chi connectivity index (χ3n) is 2.79. The molecule has 0 aliphatic heterocycles. The lowest BCUT2D eigenvalue weighted by atomic mass is 10.2. The molecule has 0 radical (unpaired) electrons. The number of carbonyl (C=O) groups is 1. The second-order valence-corrected chi connectivity index (χ2v) is 4.29. The van der Waals surface area contributed by atoms with Gasteiger partial charge >= 0.3 is 0 Å². The summed E-state index contributed by atoms with van der Waals surface area (Å²) in [7, 11) is 1.87. The second-order valence-electron chi connectivity index (χ2n) is 4.29. The molecule has 0 aliphatic rings. The summed E-state index contributed by atoms with van der Waals surface area (Å²) in [6.07, 6.45) is 4.22. The molecule has 19 heavy (non-hydrogen) atoms. The summed E-state index contributed by atoms with van der Waals surface area (Å²) in [6, 6.07) is 3.26. The minimum absolute atomic E-state index is 0.217. The van der Waals surface area contributed by atoms with E-state index in [1.54, 1.807) is 16.8 Å². The largest absolute Gasteiger partial charge is 0.397 e. The van der Waals surface area contributed by atoms with Crippen LogP contribution in [0.1, 0.15) is 28.7 Å². The van der Waals surface area contributed by atoms with Gasteiger partial charge in [-0.05, 0) is 18.6 Å². The van der Waals surface area contributed by atoms with Crippen molar-refractivity contribution in [3.8, 4) is 0 Å². The fraction of sp³-hybridized carbons (Fsp3) is 0.308. The van der Waals surface area contributed by atoms with Crippen molar-refractivity contribution in [3.63, 3.8) is 0 Å². The number of rotatable bonds is 4. The first-order chi connectivity index (χ1) is 9.10. The van der Waals surface area contributed by atoms with Crippen LogP contribution in [0, 0.1) is 0 Å². The highest BCUT2D eigenvalue weighted by atomic mass is 16.1. The van der Waals surface area contributed by atoms with Crippen molar-refractivity contribution in [2.45, 2.75) is 19.9 Å². The van der Waals surface area contributed by atoms with E-state index in [-0.39, 0.29) is 5.91 Å². The van der Waals surface area contributed by atoms with Gasteiger partial charge in [0.25, 0.3) is 5.91 Å². The lowest BCUT2D eigenvalue weighted by Gasteiger charge is -2.04. The van der Waals surface area contributed by atoms with E-state index in [1.165, 1.54) is 6.20 Å². The molecule has 0 atom stereocenters. The Hall–Kier alpha value is -2.37. The topological polar surface area (TPSA) is 85.8 Å². The van der Waals surface area contributed by atoms with Gasteiger partial charge < -0.3 is 11.1 Å². The van der Waals surface area contributed by atoms with Crippen molar-refractivity contribution in [2.75, 3.05) is 5.73 Å². The first-order valence-electron chi connectivity index (χ1n) is 6.11. The predicted octanol–water partition coefficient (Wildman–Crippen LogP) is 0.890. The third kappa shape index (κ3) is 3.09. The first kappa shape index (κ1) is 13.1. The number of anilines is 1. The maximum atomic E-state index is 11.9. The number of pyridine rings is 1. The summed E-state index contributed by atoms with van der Waals surface area (Å²) in [5.74, 6) is -0.217. The summed E-state index contributed by atoms with van der Waals surface area (Å²) in [6.45, 7) is 2.48. The van der Waals surface area contributed by atoms with E-state index in [9.17, 15) is 4.79 Å². The first-order valence-corrected chi connectivity index (χ1v) is 6.11. The van der Waals surface area contributed by atoms with Gasteiger partial charge in [0.05, 0.1) is 17.6 Å². The van der Waals surface area contributed by atoms with Gasteiger partial charge in [0, 0.05) is 25.4 Å². The van der Waals surface area contributed by atoms with Crippen LogP contribution in [0.25, 0.3) is 0 Å². The molecule has 0 unspecified atom stereocenters. The summed E-state index contributed by atoms with van der Waals surface area (Å²) in [4.78, 5) is 15.9.